The summed E-state index contributed by atoms with van der Waals surface area (Å²) in [6.45, 7) is 10.3. The molecular formula is C29H37N7O. The Bertz CT molecular complexity index is 1440. The summed E-state index contributed by atoms with van der Waals surface area (Å²) in [6, 6.07) is 11.9. The number of pyridine rings is 2. The lowest BCUT2D eigenvalue weighted by Crippen LogP contribution is -2.28. The molecule has 0 spiro atoms. The van der Waals surface area contributed by atoms with Crippen molar-refractivity contribution in [3.8, 4) is 11.4 Å². The monoisotopic (exact) mass is 499 g/mol. The molecule has 3 heterocycles. The van der Waals surface area contributed by atoms with Crippen LogP contribution in [0.5, 0.6) is 0 Å². The summed E-state index contributed by atoms with van der Waals surface area (Å²) in [5.74, 6) is -0.0556. The molecule has 8 nitrogen and oxygen atoms in total. The highest BCUT2D eigenvalue weighted by atomic mass is 16.2. The molecule has 3 aromatic heterocycles. The molecule has 0 unspecified atom stereocenters. The third-order valence-electron chi connectivity index (χ3n) is 6.83. The molecule has 0 aliphatic rings. The number of benzene rings is 1. The van der Waals surface area contributed by atoms with Crippen LogP contribution in [-0.4, -0.2) is 57.7 Å². The number of carbonyl (C=O) groups excluding carboxylic acids is 1. The van der Waals surface area contributed by atoms with Crippen molar-refractivity contribution < 1.29 is 4.79 Å². The van der Waals surface area contributed by atoms with Gasteiger partial charge in [0.1, 0.15) is 0 Å². The highest BCUT2D eigenvalue weighted by Crippen LogP contribution is 2.28. The molecule has 0 aliphatic carbocycles. The molecule has 194 valence electrons. The van der Waals surface area contributed by atoms with E-state index in [1.807, 2.05) is 76.1 Å². The zero-order chi connectivity index (χ0) is 26.7. The van der Waals surface area contributed by atoms with Crippen molar-refractivity contribution in [3.05, 3.63) is 70.2 Å². The molecule has 8 heteroatoms. The van der Waals surface area contributed by atoms with Gasteiger partial charge in [-0.25, -0.2) is 9.97 Å². The first-order chi connectivity index (χ1) is 17.7. The number of aryl methyl sites for hydroxylation is 4. The number of hydrogen-bond donors (Lipinski definition) is 2. The second-order valence-electron chi connectivity index (χ2n) is 9.59. The minimum absolute atomic E-state index is 0.0556. The van der Waals surface area contributed by atoms with E-state index in [-0.39, 0.29) is 5.91 Å². The van der Waals surface area contributed by atoms with E-state index >= 15 is 0 Å². The second-order valence-corrected chi connectivity index (χ2v) is 9.59. The molecule has 0 saturated heterocycles. The summed E-state index contributed by atoms with van der Waals surface area (Å²) in [6.07, 6.45) is 0.866. The number of fused-ring (bicyclic) bond motifs is 1. The topological polar surface area (TPSA) is 88.0 Å². The van der Waals surface area contributed by atoms with Gasteiger partial charge in [0, 0.05) is 32.6 Å². The maximum atomic E-state index is 13.9. The molecule has 1 amide bonds. The third-order valence-corrected chi connectivity index (χ3v) is 6.83. The van der Waals surface area contributed by atoms with Gasteiger partial charge in [-0.05, 0) is 70.1 Å². The van der Waals surface area contributed by atoms with Gasteiger partial charge in [-0.3, -0.25) is 9.48 Å². The fourth-order valence-corrected chi connectivity index (χ4v) is 4.65. The minimum atomic E-state index is -0.0556. The highest BCUT2D eigenvalue weighted by molar-refractivity contribution is 6.07. The first-order valence-electron chi connectivity index (χ1n) is 12.8. The van der Waals surface area contributed by atoms with Gasteiger partial charge in [0.05, 0.1) is 51.8 Å². The average Bonchev–Trinajstić information content (AvgIpc) is 3.16. The Balaban J connectivity index is 1.72. The standard InChI is InChI=1S/C29H37N7O/c1-8-23-19(3)28(36(7)34-23)17-35(6)29(37)22-16-27(33-25-10-9-18(2)15-21(22)25)26-12-11-24(20(4)32-26)31-14-13-30-5/h9-12,15-16,30-31H,8,13-14,17H2,1-7H3. The summed E-state index contributed by atoms with van der Waals surface area (Å²) in [4.78, 5) is 25.3. The largest absolute Gasteiger partial charge is 0.382 e. The van der Waals surface area contributed by atoms with Crippen molar-refractivity contribution in [2.75, 3.05) is 32.5 Å². The minimum Gasteiger partial charge on any atom is -0.382 e. The van der Waals surface area contributed by atoms with E-state index in [9.17, 15) is 4.79 Å². The van der Waals surface area contributed by atoms with Gasteiger partial charge >= 0.3 is 0 Å². The summed E-state index contributed by atoms with van der Waals surface area (Å²) in [7, 11) is 5.71. The van der Waals surface area contributed by atoms with Gasteiger partial charge in [0.2, 0.25) is 0 Å². The first kappa shape index (κ1) is 26.3. The van der Waals surface area contributed by atoms with Gasteiger partial charge in [-0.1, -0.05) is 18.6 Å². The summed E-state index contributed by atoms with van der Waals surface area (Å²) in [5, 5.41) is 12.0. The van der Waals surface area contributed by atoms with E-state index in [4.69, 9.17) is 9.97 Å². The smallest absolute Gasteiger partial charge is 0.254 e. The number of likely N-dealkylation sites (N-methyl/N-ethyl adjacent to an activating group) is 1. The van der Waals surface area contributed by atoms with E-state index in [2.05, 4.69) is 29.6 Å². The van der Waals surface area contributed by atoms with Crippen molar-refractivity contribution in [1.29, 1.82) is 0 Å². The van der Waals surface area contributed by atoms with Gasteiger partial charge in [-0.15, -0.1) is 0 Å². The molecule has 0 saturated carbocycles. The van der Waals surface area contributed by atoms with Gasteiger partial charge < -0.3 is 15.5 Å². The van der Waals surface area contributed by atoms with Crippen LogP contribution in [0.2, 0.25) is 0 Å². The number of nitrogens with one attached hydrogen (secondary N) is 2. The molecule has 37 heavy (non-hydrogen) atoms. The van der Waals surface area contributed by atoms with Crippen LogP contribution < -0.4 is 10.6 Å². The lowest BCUT2D eigenvalue weighted by atomic mass is 10.0. The Kier molecular flexibility index (Phi) is 7.88. The number of aromatic nitrogens is 4. The Hall–Kier alpha value is -3.78. The summed E-state index contributed by atoms with van der Waals surface area (Å²) < 4.78 is 1.89. The van der Waals surface area contributed by atoms with Gasteiger partial charge in [-0.2, -0.15) is 5.10 Å². The number of nitrogens with zero attached hydrogens (tertiary/aromatic N) is 5. The lowest BCUT2D eigenvalue weighted by molar-refractivity contribution is 0.0783. The predicted molar refractivity (Wildman–Crippen MR) is 150 cm³/mol. The predicted octanol–water partition coefficient (Wildman–Crippen LogP) is 4.42. The van der Waals surface area contributed by atoms with E-state index in [0.717, 1.165) is 70.0 Å². The van der Waals surface area contributed by atoms with Crippen LogP contribution in [0.15, 0.2) is 36.4 Å². The third kappa shape index (κ3) is 5.49. The van der Waals surface area contributed by atoms with Crippen LogP contribution >= 0.6 is 0 Å². The molecule has 4 rings (SSSR count). The Morgan fingerprint density at radius 2 is 1.81 bits per heavy atom. The van der Waals surface area contributed by atoms with Gasteiger partial charge in [0.25, 0.3) is 5.91 Å². The SMILES string of the molecule is CCc1nn(C)c(CN(C)C(=O)c2cc(-c3ccc(NCCNC)c(C)n3)nc3ccc(C)cc23)c1C. The molecule has 0 atom stereocenters. The van der Waals surface area contributed by atoms with E-state index < -0.39 is 0 Å². The van der Waals surface area contributed by atoms with Crippen molar-refractivity contribution in [2.45, 2.75) is 40.7 Å². The van der Waals surface area contributed by atoms with E-state index in [1.165, 1.54) is 0 Å². The quantitative estimate of drug-likeness (QED) is 0.332. The van der Waals surface area contributed by atoms with Crippen molar-refractivity contribution in [1.82, 2.24) is 30.0 Å². The van der Waals surface area contributed by atoms with Crippen LogP contribution in [0.25, 0.3) is 22.3 Å². The number of hydrogen-bond acceptors (Lipinski definition) is 6. The van der Waals surface area contributed by atoms with Crippen LogP contribution in [0.3, 0.4) is 0 Å². The van der Waals surface area contributed by atoms with Crippen molar-refractivity contribution in [2.24, 2.45) is 7.05 Å². The molecule has 0 aliphatic heterocycles. The number of anilines is 1. The maximum absolute atomic E-state index is 13.9. The molecule has 0 fully saturated rings. The number of carbonyl (C=O) groups is 1. The fraction of sp³-hybridized carbons (Fsp3) is 0.379. The van der Waals surface area contributed by atoms with Crippen LogP contribution in [0.4, 0.5) is 5.69 Å². The van der Waals surface area contributed by atoms with Gasteiger partial charge in [0.15, 0.2) is 0 Å². The molecule has 2 N–H and O–H groups in total. The zero-order valence-corrected chi connectivity index (χ0v) is 22.9. The first-order valence-corrected chi connectivity index (χ1v) is 12.8. The van der Waals surface area contributed by atoms with E-state index in [1.54, 1.807) is 4.90 Å². The molecule has 4 aromatic rings. The lowest BCUT2D eigenvalue weighted by Gasteiger charge is -2.20. The Morgan fingerprint density at radius 3 is 2.49 bits per heavy atom. The van der Waals surface area contributed by atoms with Crippen molar-refractivity contribution in [3.63, 3.8) is 0 Å². The maximum Gasteiger partial charge on any atom is 0.254 e. The molecule has 0 radical (unpaired) electrons. The normalized spacial score (nSPS) is 11.2. The summed E-state index contributed by atoms with van der Waals surface area (Å²) in [5.41, 5.74) is 9.04. The highest BCUT2D eigenvalue weighted by Gasteiger charge is 2.21. The van der Waals surface area contributed by atoms with Crippen LogP contribution in [0, 0.1) is 20.8 Å². The van der Waals surface area contributed by atoms with Crippen LogP contribution in [0.1, 0.15) is 45.5 Å². The molecule has 1 aromatic carbocycles. The van der Waals surface area contributed by atoms with Crippen LogP contribution in [-0.2, 0) is 20.0 Å². The Morgan fingerprint density at radius 1 is 1.03 bits per heavy atom. The fourth-order valence-electron chi connectivity index (χ4n) is 4.65. The second kappa shape index (κ2) is 11.1. The molecular weight excluding hydrogens is 462 g/mol. The zero-order valence-electron chi connectivity index (χ0n) is 22.9. The Labute approximate surface area is 219 Å². The number of amides is 1. The average molecular weight is 500 g/mol. The van der Waals surface area contributed by atoms with Crippen molar-refractivity contribution >= 4 is 22.5 Å². The van der Waals surface area contributed by atoms with E-state index in [0.29, 0.717) is 17.8 Å². The molecule has 0 bridgehead atoms. The summed E-state index contributed by atoms with van der Waals surface area (Å²) >= 11 is 0. The number of rotatable bonds is 9.